The molecule has 84 valence electrons. The van der Waals surface area contributed by atoms with Crippen LogP contribution in [0.4, 0.5) is 5.69 Å². The van der Waals surface area contributed by atoms with Gasteiger partial charge < -0.3 is 0 Å². The normalized spacial score (nSPS) is 12.7. The molecule has 1 atom stereocenters. The second-order valence-corrected chi connectivity index (χ2v) is 3.95. The summed E-state index contributed by atoms with van der Waals surface area (Å²) in [5.41, 5.74) is 0.855. The third-order valence-electron chi connectivity index (χ3n) is 2.52. The first-order chi connectivity index (χ1) is 8.31. The summed E-state index contributed by atoms with van der Waals surface area (Å²) in [5.74, 6) is -0.0891. The van der Waals surface area contributed by atoms with Crippen LogP contribution in [-0.2, 0) is 0 Å². The second-order valence-electron chi connectivity index (χ2n) is 3.95. The Hall–Kier alpha value is -2.21. The van der Waals surface area contributed by atoms with E-state index in [1.807, 2.05) is 49.4 Å². The van der Waals surface area contributed by atoms with Crippen molar-refractivity contribution in [2.75, 3.05) is 6.54 Å². The van der Waals surface area contributed by atoms with Gasteiger partial charge in [0.05, 0.1) is 24.2 Å². The van der Waals surface area contributed by atoms with Gasteiger partial charge in [-0.1, -0.05) is 36.4 Å². The Morgan fingerprint density at radius 3 is 2.76 bits per heavy atom. The minimum absolute atomic E-state index is 0.0891. The van der Waals surface area contributed by atoms with Gasteiger partial charge in [0.1, 0.15) is 0 Å². The Bertz CT molecular complexity index is 576. The van der Waals surface area contributed by atoms with Crippen LogP contribution in [0.15, 0.2) is 52.7 Å². The number of fused-ring (bicyclic) bond motifs is 1. The Balaban J connectivity index is 2.27. The van der Waals surface area contributed by atoms with E-state index in [2.05, 4.69) is 16.3 Å². The van der Waals surface area contributed by atoms with Crippen molar-refractivity contribution in [1.82, 2.24) is 0 Å². The lowest BCUT2D eigenvalue weighted by molar-refractivity contribution is 0.730. The molecule has 17 heavy (non-hydrogen) atoms. The number of hydrogen-bond donors (Lipinski definition) is 0. The maximum absolute atomic E-state index is 8.65. The zero-order valence-corrected chi connectivity index (χ0v) is 9.67. The van der Waals surface area contributed by atoms with E-state index in [9.17, 15) is 0 Å². The fourth-order valence-electron chi connectivity index (χ4n) is 1.58. The summed E-state index contributed by atoms with van der Waals surface area (Å²) in [6.45, 7) is 2.28. The summed E-state index contributed by atoms with van der Waals surface area (Å²) >= 11 is 0. The quantitative estimate of drug-likeness (QED) is 0.723. The van der Waals surface area contributed by atoms with E-state index in [4.69, 9.17) is 5.26 Å². The predicted molar refractivity (Wildman–Crippen MR) is 68.1 cm³/mol. The standard InChI is InChI=1S/C14H13N3/c1-11(9-15)10-16-17-14-8-4-6-12-5-2-3-7-13(12)14/h2-8,11H,10H2,1H3. The molecule has 2 aromatic rings. The number of nitrogens with zero attached hydrogens (tertiary/aromatic N) is 3. The second kappa shape index (κ2) is 5.22. The van der Waals surface area contributed by atoms with E-state index in [1.165, 1.54) is 0 Å². The molecule has 0 amide bonds. The monoisotopic (exact) mass is 223 g/mol. The van der Waals surface area contributed by atoms with Gasteiger partial charge in [-0.25, -0.2) is 0 Å². The van der Waals surface area contributed by atoms with E-state index < -0.39 is 0 Å². The van der Waals surface area contributed by atoms with Crippen molar-refractivity contribution in [2.45, 2.75) is 6.92 Å². The highest BCUT2D eigenvalue weighted by Gasteiger charge is 1.99. The molecule has 0 saturated heterocycles. The summed E-state index contributed by atoms with van der Waals surface area (Å²) in [6, 6.07) is 16.1. The molecule has 2 aromatic carbocycles. The van der Waals surface area contributed by atoms with Gasteiger partial charge in [-0.2, -0.15) is 15.5 Å². The summed E-state index contributed by atoms with van der Waals surface area (Å²) in [5, 5.41) is 19.1. The van der Waals surface area contributed by atoms with Crippen LogP contribution in [0.2, 0.25) is 0 Å². The lowest BCUT2D eigenvalue weighted by Gasteiger charge is -2.00. The average molecular weight is 223 g/mol. The Morgan fingerprint density at radius 2 is 1.94 bits per heavy atom. The third-order valence-corrected chi connectivity index (χ3v) is 2.52. The van der Waals surface area contributed by atoms with Crippen molar-refractivity contribution in [3.8, 4) is 6.07 Å². The zero-order chi connectivity index (χ0) is 12.1. The van der Waals surface area contributed by atoms with Gasteiger partial charge in [0, 0.05) is 5.39 Å². The lowest BCUT2D eigenvalue weighted by atomic mass is 10.1. The van der Waals surface area contributed by atoms with Crippen molar-refractivity contribution < 1.29 is 0 Å². The number of nitriles is 1. The molecule has 0 spiro atoms. The van der Waals surface area contributed by atoms with Crippen LogP contribution in [0.1, 0.15) is 6.92 Å². The van der Waals surface area contributed by atoms with Gasteiger partial charge in [0.2, 0.25) is 0 Å². The molecule has 1 unspecified atom stereocenters. The predicted octanol–water partition coefficient (Wildman–Crippen LogP) is 4.08. The van der Waals surface area contributed by atoms with Gasteiger partial charge in [-0.3, -0.25) is 0 Å². The number of rotatable bonds is 3. The largest absolute Gasteiger partial charge is 0.198 e. The third kappa shape index (κ3) is 2.67. The van der Waals surface area contributed by atoms with Crippen molar-refractivity contribution in [3.05, 3.63) is 42.5 Å². The summed E-state index contributed by atoms with van der Waals surface area (Å²) in [4.78, 5) is 0. The Labute approximate surface area is 100 Å². The molecular formula is C14H13N3. The first-order valence-electron chi connectivity index (χ1n) is 5.56. The van der Waals surface area contributed by atoms with Gasteiger partial charge in [-0.15, -0.1) is 0 Å². The summed E-state index contributed by atoms with van der Waals surface area (Å²) in [7, 11) is 0. The molecule has 0 fully saturated rings. The molecule has 2 rings (SSSR count). The van der Waals surface area contributed by atoms with Crippen LogP contribution in [-0.4, -0.2) is 6.54 Å². The molecular weight excluding hydrogens is 210 g/mol. The van der Waals surface area contributed by atoms with Crippen LogP contribution in [0.3, 0.4) is 0 Å². The molecule has 0 N–H and O–H groups in total. The maximum atomic E-state index is 8.65. The lowest BCUT2D eigenvalue weighted by Crippen LogP contribution is -1.92. The van der Waals surface area contributed by atoms with E-state index in [-0.39, 0.29) is 5.92 Å². The summed E-state index contributed by atoms with van der Waals surface area (Å²) < 4.78 is 0. The highest BCUT2D eigenvalue weighted by atomic mass is 15.1. The molecule has 0 heterocycles. The molecule has 3 heteroatoms. The van der Waals surface area contributed by atoms with Crippen LogP contribution in [0.5, 0.6) is 0 Å². The van der Waals surface area contributed by atoms with Crippen molar-refractivity contribution in [3.63, 3.8) is 0 Å². The molecule has 0 bridgehead atoms. The van der Waals surface area contributed by atoms with E-state index in [0.29, 0.717) is 6.54 Å². The van der Waals surface area contributed by atoms with Gasteiger partial charge in [0.15, 0.2) is 0 Å². The van der Waals surface area contributed by atoms with E-state index in [1.54, 1.807) is 0 Å². The molecule has 3 nitrogen and oxygen atoms in total. The van der Waals surface area contributed by atoms with Crippen LogP contribution < -0.4 is 0 Å². The van der Waals surface area contributed by atoms with E-state index in [0.717, 1.165) is 16.5 Å². The van der Waals surface area contributed by atoms with Crippen molar-refractivity contribution in [2.24, 2.45) is 16.1 Å². The van der Waals surface area contributed by atoms with Crippen LogP contribution in [0.25, 0.3) is 10.8 Å². The average Bonchev–Trinajstić information content (AvgIpc) is 2.39. The van der Waals surface area contributed by atoms with Gasteiger partial charge >= 0.3 is 0 Å². The number of azo groups is 1. The maximum Gasteiger partial charge on any atom is 0.0930 e. The number of benzene rings is 2. The summed E-state index contributed by atoms with van der Waals surface area (Å²) in [6.07, 6.45) is 0. The van der Waals surface area contributed by atoms with Crippen molar-refractivity contribution >= 4 is 16.5 Å². The first-order valence-corrected chi connectivity index (χ1v) is 5.56. The molecule has 0 aliphatic rings. The van der Waals surface area contributed by atoms with Crippen LogP contribution in [0, 0.1) is 17.2 Å². The smallest absolute Gasteiger partial charge is 0.0930 e. The SMILES string of the molecule is CC(C#N)CN=Nc1cccc2ccccc12. The fraction of sp³-hybridized carbons (Fsp3) is 0.214. The van der Waals surface area contributed by atoms with Gasteiger partial charge in [-0.05, 0) is 18.4 Å². The number of hydrogen-bond acceptors (Lipinski definition) is 3. The van der Waals surface area contributed by atoms with Crippen LogP contribution >= 0.6 is 0 Å². The minimum atomic E-state index is -0.0891. The zero-order valence-electron chi connectivity index (χ0n) is 9.67. The fourth-order valence-corrected chi connectivity index (χ4v) is 1.58. The molecule has 0 aliphatic heterocycles. The molecule has 0 aromatic heterocycles. The minimum Gasteiger partial charge on any atom is -0.198 e. The molecule has 0 saturated carbocycles. The van der Waals surface area contributed by atoms with Gasteiger partial charge in [0.25, 0.3) is 0 Å². The van der Waals surface area contributed by atoms with E-state index >= 15 is 0 Å². The Kier molecular flexibility index (Phi) is 3.46. The highest BCUT2D eigenvalue weighted by Crippen LogP contribution is 2.25. The van der Waals surface area contributed by atoms with Crippen molar-refractivity contribution in [1.29, 1.82) is 5.26 Å². The first kappa shape index (κ1) is 11.3. The highest BCUT2D eigenvalue weighted by molar-refractivity contribution is 5.92. The Morgan fingerprint density at radius 1 is 1.18 bits per heavy atom. The molecule has 0 radical (unpaired) electrons. The topological polar surface area (TPSA) is 48.5 Å². The molecule has 0 aliphatic carbocycles.